The molecular weight excluding hydrogens is 292 g/mol. The van der Waals surface area contributed by atoms with Gasteiger partial charge in [0.25, 0.3) is 0 Å². The van der Waals surface area contributed by atoms with Crippen molar-refractivity contribution in [3.05, 3.63) is 29.8 Å². The Morgan fingerprint density at radius 1 is 1.40 bits per heavy atom. The predicted octanol–water partition coefficient (Wildman–Crippen LogP) is 1.60. The molecule has 0 amide bonds. The highest BCUT2D eigenvalue weighted by atomic mass is 32.2. The maximum absolute atomic E-state index is 12.3. The van der Waals surface area contributed by atoms with E-state index in [1.54, 1.807) is 30.0 Å². The summed E-state index contributed by atoms with van der Waals surface area (Å²) in [6, 6.07) is 7.26. The third-order valence-corrected chi connectivity index (χ3v) is 5.87. The Balaban J connectivity index is 2.70. The first-order chi connectivity index (χ1) is 9.40. The van der Waals surface area contributed by atoms with Crippen molar-refractivity contribution in [1.82, 2.24) is 4.90 Å². The molecule has 0 saturated carbocycles. The van der Waals surface area contributed by atoms with Gasteiger partial charge in [0.1, 0.15) is 0 Å². The van der Waals surface area contributed by atoms with E-state index in [-0.39, 0.29) is 5.75 Å². The van der Waals surface area contributed by atoms with Crippen molar-refractivity contribution in [2.75, 3.05) is 31.4 Å². The second kappa shape index (κ2) is 8.02. The van der Waals surface area contributed by atoms with Crippen LogP contribution in [0.15, 0.2) is 29.2 Å². The highest BCUT2D eigenvalue weighted by molar-refractivity contribution is 7.98. The van der Waals surface area contributed by atoms with Crippen LogP contribution in [-0.4, -0.2) is 50.7 Å². The van der Waals surface area contributed by atoms with Crippen LogP contribution in [0.1, 0.15) is 12.5 Å². The molecule has 4 nitrogen and oxygen atoms in total. The van der Waals surface area contributed by atoms with Crippen molar-refractivity contribution in [3.63, 3.8) is 0 Å². The second-order valence-electron chi connectivity index (χ2n) is 4.96. The number of sulfone groups is 1. The van der Waals surface area contributed by atoms with E-state index in [0.29, 0.717) is 24.0 Å². The molecule has 0 aliphatic carbocycles. The highest BCUT2D eigenvalue weighted by Crippen LogP contribution is 2.14. The van der Waals surface area contributed by atoms with Gasteiger partial charge in [-0.3, -0.25) is 0 Å². The smallest absolute Gasteiger partial charge is 0.179 e. The monoisotopic (exact) mass is 316 g/mol. The molecule has 1 unspecified atom stereocenters. The van der Waals surface area contributed by atoms with Crippen molar-refractivity contribution in [2.24, 2.45) is 5.73 Å². The van der Waals surface area contributed by atoms with Gasteiger partial charge in [-0.1, -0.05) is 12.1 Å². The molecule has 0 spiro atoms. The highest BCUT2D eigenvalue weighted by Gasteiger charge is 2.17. The molecule has 2 N–H and O–H groups in total. The largest absolute Gasteiger partial charge is 0.326 e. The normalized spacial score (nSPS) is 13.7. The van der Waals surface area contributed by atoms with Gasteiger partial charge in [-0.05, 0) is 37.9 Å². The van der Waals surface area contributed by atoms with Gasteiger partial charge in [-0.25, -0.2) is 8.42 Å². The zero-order valence-corrected chi connectivity index (χ0v) is 14.0. The molecule has 0 aliphatic heterocycles. The molecule has 20 heavy (non-hydrogen) atoms. The van der Waals surface area contributed by atoms with Gasteiger partial charge in [0.05, 0.1) is 10.6 Å². The van der Waals surface area contributed by atoms with Crippen LogP contribution in [0, 0.1) is 0 Å². The van der Waals surface area contributed by atoms with Crippen LogP contribution in [0.4, 0.5) is 0 Å². The molecule has 0 aromatic heterocycles. The first-order valence-electron chi connectivity index (χ1n) is 6.61. The predicted molar refractivity (Wildman–Crippen MR) is 86.9 cm³/mol. The topological polar surface area (TPSA) is 63.4 Å². The van der Waals surface area contributed by atoms with Gasteiger partial charge < -0.3 is 10.6 Å². The average Bonchev–Trinajstić information content (AvgIpc) is 2.45. The third kappa shape index (κ3) is 5.09. The summed E-state index contributed by atoms with van der Waals surface area (Å²) in [6.45, 7) is 3.00. The van der Waals surface area contributed by atoms with Gasteiger partial charge in [-0.15, -0.1) is 0 Å². The number of hydrogen-bond acceptors (Lipinski definition) is 5. The summed E-state index contributed by atoms with van der Waals surface area (Å²) in [5.74, 6) is 1.13. The Kier molecular flexibility index (Phi) is 7.02. The first-order valence-corrected chi connectivity index (χ1v) is 9.66. The molecule has 1 aromatic rings. The van der Waals surface area contributed by atoms with Crippen LogP contribution in [0.25, 0.3) is 0 Å². The summed E-state index contributed by atoms with van der Waals surface area (Å²) >= 11 is 1.77. The molecule has 0 radical (unpaired) electrons. The standard InChI is InChI=1S/C14H24N2O2S2/c1-12(11-19-3)16(2)7-8-20(17,18)14-6-4-5-13(9-14)10-15/h4-6,9,12H,7-8,10-11,15H2,1-3H3. The maximum Gasteiger partial charge on any atom is 0.179 e. The van der Waals surface area contributed by atoms with Crippen molar-refractivity contribution < 1.29 is 8.42 Å². The van der Waals surface area contributed by atoms with E-state index in [2.05, 4.69) is 18.1 Å². The summed E-state index contributed by atoms with van der Waals surface area (Å²) in [4.78, 5) is 2.45. The van der Waals surface area contributed by atoms with Crippen molar-refractivity contribution >= 4 is 21.6 Å². The van der Waals surface area contributed by atoms with Crippen LogP contribution in [-0.2, 0) is 16.4 Å². The molecular formula is C14H24N2O2S2. The molecule has 1 rings (SSSR count). The van der Waals surface area contributed by atoms with E-state index >= 15 is 0 Å². The number of rotatable bonds is 8. The minimum absolute atomic E-state index is 0.135. The molecule has 0 aliphatic rings. The lowest BCUT2D eigenvalue weighted by molar-refractivity contribution is 0.294. The fourth-order valence-electron chi connectivity index (χ4n) is 1.84. The molecule has 0 bridgehead atoms. The molecule has 0 saturated heterocycles. The lowest BCUT2D eigenvalue weighted by Crippen LogP contribution is -2.35. The molecule has 1 aromatic carbocycles. The van der Waals surface area contributed by atoms with Crippen LogP contribution in [0.3, 0.4) is 0 Å². The lowest BCUT2D eigenvalue weighted by Gasteiger charge is -2.23. The van der Waals surface area contributed by atoms with Gasteiger partial charge in [0.2, 0.25) is 0 Å². The van der Waals surface area contributed by atoms with Crippen molar-refractivity contribution in [3.8, 4) is 0 Å². The zero-order chi connectivity index (χ0) is 15.2. The minimum Gasteiger partial charge on any atom is -0.326 e. The van der Waals surface area contributed by atoms with E-state index in [0.717, 1.165) is 11.3 Å². The Morgan fingerprint density at radius 2 is 2.10 bits per heavy atom. The van der Waals surface area contributed by atoms with Crippen molar-refractivity contribution in [2.45, 2.75) is 24.4 Å². The Morgan fingerprint density at radius 3 is 2.70 bits per heavy atom. The SMILES string of the molecule is CSCC(C)N(C)CCS(=O)(=O)c1cccc(CN)c1. The Labute approximate surface area is 126 Å². The second-order valence-corrected chi connectivity index (χ2v) is 7.98. The molecule has 0 heterocycles. The quantitative estimate of drug-likeness (QED) is 0.789. The van der Waals surface area contributed by atoms with E-state index in [9.17, 15) is 8.42 Å². The third-order valence-electron chi connectivity index (χ3n) is 3.37. The van der Waals surface area contributed by atoms with Crippen LogP contribution in [0.5, 0.6) is 0 Å². The number of hydrogen-bond donors (Lipinski definition) is 1. The fraction of sp³-hybridized carbons (Fsp3) is 0.571. The summed E-state index contributed by atoms with van der Waals surface area (Å²) < 4.78 is 24.6. The molecule has 6 heteroatoms. The van der Waals surface area contributed by atoms with Gasteiger partial charge in [-0.2, -0.15) is 11.8 Å². The molecule has 114 valence electrons. The number of benzene rings is 1. The minimum atomic E-state index is -3.24. The Hall–Kier alpha value is -0.560. The zero-order valence-electron chi connectivity index (χ0n) is 12.4. The molecule has 1 atom stereocenters. The van der Waals surface area contributed by atoms with Crippen molar-refractivity contribution in [1.29, 1.82) is 0 Å². The molecule has 0 fully saturated rings. The number of nitrogens with zero attached hydrogens (tertiary/aromatic N) is 1. The summed E-state index contributed by atoms with van der Waals surface area (Å²) in [5.41, 5.74) is 6.39. The van der Waals surface area contributed by atoms with Crippen LogP contribution >= 0.6 is 11.8 Å². The summed E-state index contributed by atoms with van der Waals surface area (Å²) in [7, 11) is -1.28. The van der Waals surface area contributed by atoms with Gasteiger partial charge >= 0.3 is 0 Å². The summed E-state index contributed by atoms with van der Waals surface area (Å²) in [5, 5.41) is 0. The first kappa shape index (κ1) is 17.5. The van der Waals surface area contributed by atoms with E-state index in [1.807, 2.05) is 13.1 Å². The number of nitrogens with two attached hydrogens (primary N) is 1. The van der Waals surface area contributed by atoms with Crippen LogP contribution in [0.2, 0.25) is 0 Å². The van der Waals surface area contributed by atoms with Gasteiger partial charge in [0, 0.05) is 24.9 Å². The fourth-order valence-corrected chi connectivity index (χ4v) is 3.95. The lowest BCUT2D eigenvalue weighted by atomic mass is 10.2. The number of thioether (sulfide) groups is 1. The van der Waals surface area contributed by atoms with Crippen LogP contribution < -0.4 is 5.73 Å². The summed E-state index contributed by atoms with van der Waals surface area (Å²) in [6.07, 6.45) is 2.05. The average molecular weight is 316 g/mol. The van der Waals surface area contributed by atoms with E-state index in [1.165, 1.54) is 0 Å². The van der Waals surface area contributed by atoms with Gasteiger partial charge in [0.15, 0.2) is 9.84 Å². The Bertz CT molecular complexity index is 518. The van der Waals surface area contributed by atoms with E-state index < -0.39 is 9.84 Å². The van der Waals surface area contributed by atoms with E-state index in [4.69, 9.17) is 5.73 Å². The maximum atomic E-state index is 12.3.